The standard InChI is InChI=1S/C16H12BrO/c1-11-2-4-12(5-3-11)15-8-6-13-10-14(17)7-9-16(13)18-15/h2-10H,1H3/q+1. The first-order valence-corrected chi connectivity index (χ1v) is 6.61. The van der Waals surface area contributed by atoms with Crippen molar-refractivity contribution in [2.24, 2.45) is 0 Å². The fourth-order valence-corrected chi connectivity index (χ4v) is 2.31. The van der Waals surface area contributed by atoms with Crippen LogP contribution in [-0.2, 0) is 0 Å². The molecule has 18 heavy (non-hydrogen) atoms. The minimum Gasteiger partial charge on any atom is -0.207 e. The summed E-state index contributed by atoms with van der Waals surface area (Å²) in [4.78, 5) is 0. The normalized spacial score (nSPS) is 10.8. The van der Waals surface area contributed by atoms with Crippen molar-refractivity contribution in [2.75, 3.05) is 0 Å². The third-order valence-electron chi connectivity index (χ3n) is 2.94. The molecule has 2 heteroatoms. The topological polar surface area (TPSA) is 11.3 Å². The Morgan fingerprint density at radius 1 is 0.889 bits per heavy atom. The van der Waals surface area contributed by atoms with Gasteiger partial charge in [0.15, 0.2) is 0 Å². The zero-order valence-electron chi connectivity index (χ0n) is 9.98. The maximum atomic E-state index is 5.92. The van der Waals surface area contributed by atoms with Crippen molar-refractivity contribution < 1.29 is 4.42 Å². The lowest BCUT2D eigenvalue weighted by molar-refractivity contribution is 0.620. The Kier molecular flexibility index (Phi) is 2.88. The Bertz CT molecular complexity index is 702. The lowest BCUT2D eigenvalue weighted by Crippen LogP contribution is -1.80. The molecule has 0 atom stereocenters. The van der Waals surface area contributed by atoms with Gasteiger partial charge in [0, 0.05) is 16.6 Å². The van der Waals surface area contributed by atoms with Crippen LogP contribution in [-0.4, -0.2) is 0 Å². The summed E-state index contributed by atoms with van der Waals surface area (Å²) in [6.07, 6.45) is 0. The van der Waals surface area contributed by atoms with E-state index in [1.165, 1.54) is 5.56 Å². The molecule has 3 aromatic rings. The summed E-state index contributed by atoms with van der Waals surface area (Å²) < 4.78 is 6.99. The van der Waals surface area contributed by atoms with Gasteiger partial charge >= 0.3 is 11.3 Å². The van der Waals surface area contributed by atoms with Crippen LogP contribution >= 0.6 is 15.9 Å². The summed E-state index contributed by atoms with van der Waals surface area (Å²) in [6.45, 7) is 2.08. The molecule has 0 aliphatic heterocycles. The average Bonchev–Trinajstić information content (AvgIpc) is 2.39. The van der Waals surface area contributed by atoms with E-state index in [1.54, 1.807) is 0 Å². The highest BCUT2D eigenvalue weighted by molar-refractivity contribution is 9.10. The maximum Gasteiger partial charge on any atom is 0.360 e. The third-order valence-corrected chi connectivity index (χ3v) is 3.44. The summed E-state index contributed by atoms with van der Waals surface area (Å²) >= 11 is 3.46. The second kappa shape index (κ2) is 4.54. The number of aryl methyl sites for hydroxylation is 1. The number of hydrogen-bond donors (Lipinski definition) is 0. The first kappa shape index (κ1) is 11.4. The Balaban J connectivity index is 2.13. The summed E-state index contributed by atoms with van der Waals surface area (Å²) in [7, 11) is 0. The van der Waals surface area contributed by atoms with Crippen LogP contribution in [0.3, 0.4) is 0 Å². The first-order valence-electron chi connectivity index (χ1n) is 5.82. The fourth-order valence-electron chi connectivity index (χ4n) is 1.93. The molecule has 0 aliphatic carbocycles. The molecule has 0 amide bonds. The third kappa shape index (κ3) is 2.16. The zero-order valence-corrected chi connectivity index (χ0v) is 11.6. The Labute approximate surface area is 114 Å². The van der Waals surface area contributed by atoms with E-state index in [9.17, 15) is 0 Å². The van der Waals surface area contributed by atoms with Gasteiger partial charge in [-0.1, -0.05) is 33.6 Å². The van der Waals surface area contributed by atoms with E-state index in [4.69, 9.17) is 4.42 Å². The van der Waals surface area contributed by atoms with Gasteiger partial charge in [-0.05, 0) is 37.3 Å². The van der Waals surface area contributed by atoms with Gasteiger partial charge in [0.1, 0.15) is 0 Å². The van der Waals surface area contributed by atoms with Crippen LogP contribution in [0.15, 0.2) is 63.5 Å². The molecule has 0 radical (unpaired) electrons. The molecule has 0 aliphatic rings. The van der Waals surface area contributed by atoms with Gasteiger partial charge < -0.3 is 0 Å². The van der Waals surface area contributed by atoms with Crippen LogP contribution in [0.5, 0.6) is 0 Å². The molecule has 0 saturated carbocycles. The molecule has 1 nitrogen and oxygen atoms in total. The first-order chi connectivity index (χ1) is 8.72. The van der Waals surface area contributed by atoms with Crippen LogP contribution in [0.4, 0.5) is 0 Å². The Morgan fingerprint density at radius 2 is 1.67 bits per heavy atom. The molecule has 0 unspecified atom stereocenters. The van der Waals surface area contributed by atoms with Gasteiger partial charge in [-0.15, -0.1) is 0 Å². The van der Waals surface area contributed by atoms with Gasteiger partial charge in [-0.25, -0.2) is 4.42 Å². The van der Waals surface area contributed by atoms with E-state index in [-0.39, 0.29) is 0 Å². The van der Waals surface area contributed by atoms with Crippen LogP contribution in [0.2, 0.25) is 0 Å². The molecule has 2 aromatic carbocycles. The summed E-state index contributed by atoms with van der Waals surface area (Å²) in [5.74, 6) is 0.893. The van der Waals surface area contributed by atoms with Gasteiger partial charge in [-0.3, -0.25) is 0 Å². The predicted octanol–water partition coefficient (Wildman–Crippen LogP) is 5.45. The largest absolute Gasteiger partial charge is 0.360 e. The van der Waals surface area contributed by atoms with Crippen molar-refractivity contribution in [3.63, 3.8) is 0 Å². The van der Waals surface area contributed by atoms with Crippen molar-refractivity contribution >= 4 is 26.9 Å². The highest BCUT2D eigenvalue weighted by Gasteiger charge is 2.14. The van der Waals surface area contributed by atoms with E-state index in [0.29, 0.717) is 0 Å². The number of fused-ring (bicyclic) bond motifs is 1. The lowest BCUT2D eigenvalue weighted by Gasteiger charge is -1.95. The highest BCUT2D eigenvalue weighted by atomic mass is 79.9. The highest BCUT2D eigenvalue weighted by Crippen LogP contribution is 2.26. The molecule has 1 heterocycles. The monoisotopic (exact) mass is 299 g/mol. The molecule has 0 N–H and O–H groups in total. The smallest absolute Gasteiger partial charge is 0.207 e. The number of rotatable bonds is 1. The van der Waals surface area contributed by atoms with Crippen molar-refractivity contribution in [2.45, 2.75) is 6.92 Å². The van der Waals surface area contributed by atoms with E-state index < -0.39 is 0 Å². The van der Waals surface area contributed by atoms with Gasteiger partial charge in [-0.2, -0.15) is 0 Å². The second-order valence-corrected chi connectivity index (χ2v) is 5.26. The number of halogens is 1. The quantitative estimate of drug-likeness (QED) is 0.544. The molecule has 0 bridgehead atoms. The van der Waals surface area contributed by atoms with Crippen LogP contribution < -0.4 is 0 Å². The Hall–Kier alpha value is -1.67. The number of benzene rings is 2. The second-order valence-electron chi connectivity index (χ2n) is 4.35. The minimum absolute atomic E-state index is 0.893. The van der Waals surface area contributed by atoms with Gasteiger partial charge in [0.2, 0.25) is 0 Å². The molecular weight excluding hydrogens is 288 g/mol. The van der Waals surface area contributed by atoms with E-state index >= 15 is 0 Å². The van der Waals surface area contributed by atoms with Gasteiger partial charge in [0.05, 0.1) is 10.9 Å². The van der Waals surface area contributed by atoms with Crippen LogP contribution in [0.25, 0.3) is 22.3 Å². The number of hydrogen-bond acceptors (Lipinski definition) is 0. The summed E-state index contributed by atoms with van der Waals surface area (Å²) in [6, 6.07) is 18.5. The SMILES string of the molecule is Cc1ccc(-c2ccc3cc(Br)ccc3[o+]2)cc1. The summed E-state index contributed by atoms with van der Waals surface area (Å²) in [5, 5.41) is 1.10. The van der Waals surface area contributed by atoms with Crippen LogP contribution in [0.1, 0.15) is 5.56 Å². The molecule has 0 fully saturated rings. The molecule has 1 aromatic heterocycles. The average molecular weight is 300 g/mol. The van der Waals surface area contributed by atoms with Crippen LogP contribution in [0, 0.1) is 6.92 Å². The van der Waals surface area contributed by atoms with E-state index in [0.717, 1.165) is 26.8 Å². The minimum atomic E-state index is 0.893. The van der Waals surface area contributed by atoms with Crippen molar-refractivity contribution in [3.8, 4) is 11.3 Å². The van der Waals surface area contributed by atoms with Crippen molar-refractivity contribution in [3.05, 3.63) is 64.6 Å². The predicted molar refractivity (Wildman–Crippen MR) is 78.5 cm³/mol. The van der Waals surface area contributed by atoms with E-state index in [1.807, 2.05) is 18.2 Å². The maximum absolute atomic E-state index is 5.92. The van der Waals surface area contributed by atoms with Crippen molar-refractivity contribution in [1.29, 1.82) is 0 Å². The molecule has 3 rings (SSSR count). The molecule has 88 valence electrons. The fraction of sp³-hybridized carbons (Fsp3) is 0.0625. The van der Waals surface area contributed by atoms with E-state index in [2.05, 4.69) is 59.3 Å². The Morgan fingerprint density at radius 3 is 2.44 bits per heavy atom. The van der Waals surface area contributed by atoms with Gasteiger partial charge in [0.25, 0.3) is 0 Å². The zero-order chi connectivity index (χ0) is 12.5. The lowest BCUT2D eigenvalue weighted by atomic mass is 10.1. The molecular formula is C16H12BrO+. The van der Waals surface area contributed by atoms with Crippen molar-refractivity contribution in [1.82, 2.24) is 0 Å². The molecule has 0 spiro atoms. The molecule has 0 saturated heterocycles. The summed E-state index contributed by atoms with van der Waals surface area (Å²) in [5.41, 5.74) is 3.25.